The number of para-hydroxylation sites is 1. The SMILES string of the molecule is c1ccc(P(c2ccccc2)c2cc3ccccc3[nH]2)cc1. The van der Waals surface area contributed by atoms with E-state index in [1.54, 1.807) is 0 Å². The molecule has 0 spiro atoms. The van der Waals surface area contributed by atoms with Crippen molar-refractivity contribution in [1.29, 1.82) is 0 Å². The van der Waals surface area contributed by atoms with Crippen molar-refractivity contribution < 1.29 is 0 Å². The third-order valence-electron chi connectivity index (χ3n) is 3.79. The van der Waals surface area contributed by atoms with Crippen LogP contribution in [-0.2, 0) is 0 Å². The lowest BCUT2D eigenvalue weighted by Gasteiger charge is -2.17. The maximum atomic E-state index is 3.62. The first-order valence-corrected chi connectivity index (χ1v) is 8.74. The molecule has 2 heteroatoms. The summed E-state index contributed by atoms with van der Waals surface area (Å²) < 4.78 is 0. The van der Waals surface area contributed by atoms with Crippen LogP contribution in [0, 0.1) is 0 Å². The van der Waals surface area contributed by atoms with Gasteiger partial charge in [0.05, 0.1) is 0 Å². The van der Waals surface area contributed by atoms with Gasteiger partial charge in [-0.05, 0) is 22.7 Å². The second-order valence-electron chi connectivity index (χ2n) is 5.25. The van der Waals surface area contributed by atoms with Crippen LogP contribution < -0.4 is 16.0 Å². The molecule has 1 heterocycles. The third kappa shape index (κ3) is 2.45. The Morgan fingerprint density at radius 3 is 1.73 bits per heavy atom. The summed E-state index contributed by atoms with van der Waals surface area (Å²) >= 11 is 0. The highest BCUT2D eigenvalue weighted by Crippen LogP contribution is 2.33. The molecule has 0 fully saturated rings. The number of hydrogen-bond donors (Lipinski definition) is 1. The van der Waals surface area contributed by atoms with Crippen LogP contribution >= 0.6 is 7.92 Å². The van der Waals surface area contributed by atoms with Crippen molar-refractivity contribution in [2.24, 2.45) is 0 Å². The lowest BCUT2D eigenvalue weighted by molar-refractivity contribution is 1.54. The molecule has 22 heavy (non-hydrogen) atoms. The summed E-state index contributed by atoms with van der Waals surface area (Å²) in [5, 5.41) is 4.02. The van der Waals surface area contributed by atoms with Crippen LogP contribution in [0.25, 0.3) is 10.9 Å². The highest BCUT2D eigenvalue weighted by molar-refractivity contribution is 7.79. The molecule has 4 aromatic rings. The Labute approximate surface area is 131 Å². The minimum atomic E-state index is -0.548. The van der Waals surface area contributed by atoms with Gasteiger partial charge in [-0.2, -0.15) is 0 Å². The molecule has 0 saturated carbocycles. The van der Waals surface area contributed by atoms with Gasteiger partial charge < -0.3 is 4.98 Å². The number of fused-ring (bicyclic) bond motifs is 1. The van der Waals surface area contributed by atoms with Gasteiger partial charge in [0, 0.05) is 24.3 Å². The van der Waals surface area contributed by atoms with Gasteiger partial charge in [0.25, 0.3) is 0 Å². The van der Waals surface area contributed by atoms with E-state index in [0.717, 1.165) is 0 Å². The molecule has 0 amide bonds. The van der Waals surface area contributed by atoms with Gasteiger partial charge in [0.15, 0.2) is 0 Å². The largest absolute Gasteiger partial charge is 0.354 e. The standard InChI is InChI=1S/C20H16NP/c1-3-10-17(11-4-1)22(18-12-5-2-6-13-18)20-15-16-9-7-8-14-19(16)21-20/h1-15,21H. The first-order valence-electron chi connectivity index (χ1n) is 7.40. The normalized spacial score (nSPS) is 11.1. The van der Waals surface area contributed by atoms with Crippen LogP contribution in [0.3, 0.4) is 0 Å². The summed E-state index contributed by atoms with van der Waals surface area (Å²) in [5.74, 6) is 0. The van der Waals surface area contributed by atoms with Crippen molar-refractivity contribution in [2.45, 2.75) is 0 Å². The van der Waals surface area contributed by atoms with E-state index in [1.165, 1.54) is 26.9 Å². The molecular formula is C20H16NP. The molecule has 1 N–H and O–H groups in total. The van der Waals surface area contributed by atoms with Crippen molar-refractivity contribution in [3.05, 3.63) is 91.0 Å². The van der Waals surface area contributed by atoms with E-state index in [0.29, 0.717) is 0 Å². The molecule has 0 radical (unpaired) electrons. The Balaban J connectivity index is 1.90. The van der Waals surface area contributed by atoms with Gasteiger partial charge in [-0.25, -0.2) is 0 Å². The second-order valence-corrected chi connectivity index (χ2v) is 7.43. The molecule has 4 rings (SSSR count). The van der Waals surface area contributed by atoms with Gasteiger partial charge in [-0.15, -0.1) is 0 Å². The summed E-state index contributed by atoms with van der Waals surface area (Å²) in [7, 11) is -0.548. The fourth-order valence-corrected chi connectivity index (χ4v) is 5.06. The first-order chi connectivity index (χ1) is 10.9. The maximum Gasteiger partial charge on any atom is 0.0486 e. The van der Waals surface area contributed by atoms with Crippen LogP contribution in [0.4, 0.5) is 0 Å². The molecule has 0 aliphatic rings. The number of hydrogen-bond acceptors (Lipinski definition) is 0. The van der Waals surface area contributed by atoms with Gasteiger partial charge >= 0.3 is 0 Å². The van der Waals surface area contributed by atoms with Crippen LogP contribution in [0.2, 0.25) is 0 Å². The number of aromatic nitrogens is 1. The van der Waals surface area contributed by atoms with Crippen molar-refractivity contribution in [1.82, 2.24) is 4.98 Å². The van der Waals surface area contributed by atoms with E-state index in [4.69, 9.17) is 0 Å². The average molecular weight is 301 g/mol. The van der Waals surface area contributed by atoms with E-state index in [2.05, 4.69) is 96.0 Å². The summed E-state index contributed by atoms with van der Waals surface area (Å²) in [6.45, 7) is 0. The fourth-order valence-electron chi connectivity index (χ4n) is 2.76. The van der Waals surface area contributed by atoms with Gasteiger partial charge in [0.2, 0.25) is 0 Å². The predicted octanol–water partition coefficient (Wildman–Crippen LogP) is 3.93. The maximum absolute atomic E-state index is 3.62. The molecule has 0 bridgehead atoms. The average Bonchev–Trinajstić information content (AvgIpc) is 3.00. The molecule has 0 saturated heterocycles. The topological polar surface area (TPSA) is 15.8 Å². The van der Waals surface area contributed by atoms with Gasteiger partial charge in [-0.1, -0.05) is 78.9 Å². The summed E-state index contributed by atoms with van der Waals surface area (Å²) in [6, 6.07) is 32.3. The lowest BCUT2D eigenvalue weighted by Crippen LogP contribution is -2.21. The zero-order chi connectivity index (χ0) is 14.8. The third-order valence-corrected chi connectivity index (χ3v) is 6.14. The summed E-state index contributed by atoms with van der Waals surface area (Å²) in [6.07, 6.45) is 0. The number of benzene rings is 3. The molecule has 3 aromatic carbocycles. The van der Waals surface area contributed by atoms with Crippen molar-refractivity contribution >= 4 is 34.9 Å². The van der Waals surface area contributed by atoms with E-state index >= 15 is 0 Å². The van der Waals surface area contributed by atoms with Gasteiger partial charge in [-0.3, -0.25) is 0 Å². The van der Waals surface area contributed by atoms with Crippen LogP contribution in [0.15, 0.2) is 91.0 Å². The first kappa shape index (κ1) is 13.3. The number of H-pyrrole nitrogens is 1. The minimum Gasteiger partial charge on any atom is -0.354 e. The van der Waals surface area contributed by atoms with Crippen molar-refractivity contribution in [2.75, 3.05) is 0 Å². The lowest BCUT2D eigenvalue weighted by atomic mass is 10.3. The smallest absolute Gasteiger partial charge is 0.0486 e. The van der Waals surface area contributed by atoms with Crippen LogP contribution in [0.1, 0.15) is 0 Å². The molecule has 0 unspecified atom stereocenters. The number of nitrogens with one attached hydrogen (secondary N) is 1. The zero-order valence-electron chi connectivity index (χ0n) is 12.1. The highest BCUT2D eigenvalue weighted by atomic mass is 31.1. The van der Waals surface area contributed by atoms with Crippen LogP contribution in [0.5, 0.6) is 0 Å². The fraction of sp³-hybridized carbons (Fsp3) is 0. The Kier molecular flexibility index (Phi) is 3.50. The number of rotatable bonds is 3. The quantitative estimate of drug-likeness (QED) is 0.552. The molecule has 0 aliphatic heterocycles. The predicted molar refractivity (Wildman–Crippen MR) is 97.0 cm³/mol. The monoisotopic (exact) mass is 301 g/mol. The van der Waals surface area contributed by atoms with Gasteiger partial charge in [0.1, 0.15) is 0 Å². The van der Waals surface area contributed by atoms with E-state index < -0.39 is 7.92 Å². The van der Waals surface area contributed by atoms with Crippen molar-refractivity contribution in [3.63, 3.8) is 0 Å². The molecule has 0 atom stereocenters. The van der Waals surface area contributed by atoms with E-state index in [-0.39, 0.29) is 0 Å². The molecular weight excluding hydrogens is 285 g/mol. The summed E-state index contributed by atoms with van der Waals surface area (Å²) in [4.78, 5) is 3.62. The Morgan fingerprint density at radius 1 is 0.591 bits per heavy atom. The van der Waals surface area contributed by atoms with Crippen molar-refractivity contribution in [3.8, 4) is 0 Å². The highest BCUT2D eigenvalue weighted by Gasteiger charge is 2.17. The van der Waals surface area contributed by atoms with Crippen LogP contribution in [-0.4, -0.2) is 4.98 Å². The minimum absolute atomic E-state index is 0.548. The Hall–Kier alpha value is -2.37. The Bertz CT molecular complexity index is 809. The Morgan fingerprint density at radius 2 is 1.14 bits per heavy atom. The zero-order valence-corrected chi connectivity index (χ0v) is 13.0. The summed E-state index contributed by atoms with van der Waals surface area (Å²) in [5.41, 5.74) is 2.51. The van der Waals surface area contributed by atoms with E-state index in [9.17, 15) is 0 Å². The molecule has 106 valence electrons. The molecule has 1 nitrogen and oxygen atoms in total. The second kappa shape index (κ2) is 5.79. The number of aromatic amines is 1. The van der Waals surface area contributed by atoms with E-state index in [1.807, 2.05) is 0 Å². The molecule has 1 aromatic heterocycles. The molecule has 0 aliphatic carbocycles.